The lowest BCUT2D eigenvalue weighted by molar-refractivity contribution is -0.133. The lowest BCUT2D eigenvalue weighted by Gasteiger charge is -2.29. The highest BCUT2D eigenvalue weighted by atomic mass is 16.3. The molecule has 4 N–H and O–H groups in total. The molecule has 2 aromatic carbocycles. The fourth-order valence-corrected chi connectivity index (χ4v) is 3.62. The zero-order chi connectivity index (χ0) is 21.0. The molecule has 0 saturated carbocycles. The van der Waals surface area contributed by atoms with Gasteiger partial charge in [0.15, 0.2) is 0 Å². The second kappa shape index (κ2) is 9.09. The first-order valence-corrected chi connectivity index (χ1v) is 10.1. The summed E-state index contributed by atoms with van der Waals surface area (Å²) in [5.41, 5.74) is 8.31. The number of benzene rings is 2. The van der Waals surface area contributed by atoms with Crippen LogP contribution in [-0.2, 0) is 11.2 Å². The van der Waals surface area contributed by atoms with Gasteiger partial charge in [0, 0.05) is 6.04 Å². The molecule has 0 spiro atoms. The zero-order valence-corrected chi connectivity index (χ0v) is 17.2. The number of amidine groups is 1. The second-order valence-corrected chi connectivity index (χ2v) is 7.90. The zero-order valence-electron chi connectivity index (χ0n) is 17.2. The average Bonchev–Trinajstić information content (AvgIpc) is 3.08. The van der Waals surface area contributed by atoms with Gasteiger partial charge in [-0.2, -0.15) is 0 Å². The first-order chi connectivity index (χ1) is 13.8. The second-order valence-electron chi connectivity index (χ2n) is 7.90. The number of nitrogens with two attached hydrogens (primary N) is 1. The smallest absolute Gasteiger partial charge is 0.240 e. The summed E-state index contributed by atoms with van der Waals surface area (Å²) in [7, 11) is 0. The van der Waals surface area contributed by atoms with E-state index in [-0.39, 0.29) is 29.8 Å². The van der Waals surface area contributed by atoms with E-state index in [1.165, 1.54) is 0 Å². The van der Waals surface area contributed by atoms with Gasteiger partial charge in [0.25, 0.3) is 0 Å². The van der Waals surface area contributed by atoms with Crippen LogP contribution in [0.5, 0.6) is 5.75 Å². The van der Waals surface area contributed by atoms with Crippen molar-refractivity contribution in [2.24, 2.45) is 10.7 Å². The Kier molecular flexibility index (Phi) is 6.54. The number of hydrogen-bond acceptors (Lipinski definition) is 5. The number of hydrogen-bond donors (Lipinski definition) is 3. The SMILES string of the molecule is CC1NC(CN(C(=O)[C@@H](N)Cc2ccc(O)cc2)C(C)C)=NC1c1ccccc1. The molecule has 0 aromatic heterocycles. The van der Waals surface area contributed by atoms with Crippen LogP contribution in [0.3, 0.4) is 0 Å². The Morgan fingerprint density at radius 2 is 1.83 bits per heavy atom. The monoisotopic (exact) mass is 394 g/mol. The summed E-state index contributed by atoms with van der Waals surface area (Å²) in [6.45, 7) is 6.48. The van der Waals surface area contributed by atoms with Crippen LogP contribution in [0.2, 0.25) is 0 Å². The summed E-state index contributed by atoms with van der Waals surface area (Å²) < 4.78 is 0. The standard InChI is InChI=1S/C23H30N4O2/c1-15(2)27(23(29)20(24)13-17-9-11-19(28)12-10-17)14-21-25-16(3)22(26-21)18-7-5-4-6-8-18/h4-12,15-16,20,22,28H,13-14,24H2,1-3H3,(H,25,26)/t16?,20-,22?/m0/s1. The number of aliphatic imine (C=N–C) groups is 1. The fraction of sp³-hybridized carbons (Fsp3) is 0.391. The van der Waals surface area contributed by atoms with Crippen molar-refractivity contribution in [2.45, 2.75) is 51.4 Å². The molecule has 6 nitrogen and oxygen atoms in total. The van der Waals surface area contributed by atoms with Crippen LogP contribution in [0.15, 0.2) is 59.6 Å². The summed E-state index contributed by atoms with van der Waals surface area (Å²) in [6, 6.07) is 16.5. The highest BCUT2D eigenvalue weighted by Crippen LogP contribution is 2.25. The number of amides is 1. The molecule has 6 heteroatoms. The molecule has 2 aromatic rings. The third-order valence-electron chi connectivity index (χ3n) is 5.24. The molecule has 1 aliphatic heterocycles. The lowest BCUT2D eigenvalue weighted by atomic mass is 10.0. The minimum atomic E-state index is -0.647. The molecule has 1 amide bonds. The number of phenolic OH excluding ortho intramolecular Hbond substituents is 1. The van der Waals surface area contributed by atoms with Crippen molar-refractivity contribution >= 4 is 11.7 Å². The molecule has 3 rings (SSSR count). The Bertz CT molecular complexity index is 849. The van der Waals surface area contributed by atoms with Crippen molar-refractivity contribution in [3.63, 3.8) is 0 Å². The van der Waals surface area contributed by atoms with Gasteiger partial charge in [-0.3, -0.25) is 9.79 Å². The van der Waals surface area contributed by atoms with Crippen LogP contribution in [-0.4, -0.2) is 46.4 Å². The Morgan fingerprint density at radius 3 is 2.45 bits per heavy atom. The molecule has 0 radical (unpaired) electrons. The maximum atomic E-state index is 13.0. The van der Waals surface area contributed by atoms with Crippen molar-refractivity contribution in [1.82, 2.24) is 10.2 Å². The first kappa shape index (κ1) is 20.9. The van der Waals surface area contributed by atoms with E-state index >= 15 is 0 Å². The van der Waals surface area contributed by atoms with Gasteiger partial charge in [-0.15, -0.1) is 0 Å². The van der Waals surface area contributed by atoms with E-state index in [0.29, 0.717) is 13.0 Å². The Labute approximate surface area is 172 Å². The van der Waals surface area contributed by atoms with Gasteiger partial charge in [-0.05, 0) is 50.5 Å². The van der Waals surface area contributed by atoms with Gasteiger partial charge in [-0.25, -0.2) is 0 Å². The third kappa shape index (κ3) is 5.15. The van der Waals surface area contributed by atoms with E-state index in [0.717, 1.165) is 17.0 Å². The predicted octanol–water partition coefficient (Wildman–Crippen LogP) is 2.63. The number of phenols is 1. The molecule has 1 heterocycles. The summed E-state index contributed by atoms with van der Waals surface area (Å²) in [4.78, 5) is 19.7. The van der Waals surface area contributed by atoms with Crippen molar-refractivity contribution in [2.75, 3.05) is 6.54 Å². The van der Waals surface area contributed by atoms with Crippen LogP contribution in [0, 0.1) is 0 Å². The molecule has 29 heavy (non-hydrogen) atoms. The van der Waals surface area contributed by atoms with E-state index in [2.05, 4.69) is 24.4 Å². The fourth-order valence-electron chi connectivity index (χ4n) is 3.62. The van der Waals surface area contributed by atoms with Gasteiger partial charge in [-0.1, -0.05) is 42.5 Å². The molecule has 0 fully saturated rings. The topological polar surface area (TPSA) is 91.0 Å². The van der Waals surface area contributed by atoms with E-state index in [1.54, 1.807) is 29.2 Å². The van der Waals surface area contributed by atoms with Crippen LogP contribution >= 0.6 is 0 Å². The molecular formula is C23H30N4O2. The summed E-state index contributed by atoms with van der Waals surface area (Å²) in [6.07, 6.45) is 0.422. The Morgan fingerprint density at radius 1 is 1.17 bits per heavy atom. The minimum Gasteiger partial charge on any atom is -0.508 e. The quantitative estimate of drug-likeness (QED) is 0.673. The lowest BCUT2D eigenvalue weighted by Crippen LogP contribution is -2.51. The predicted molar refractivity (Wildman–Crippen MR) is 116 cm³/mol. The van der Waals surface area contributed by atoms with E-state index in [4.69, 9.17) is 10.7 Å². The Hall–Kier alpha value is -2.86. The molecule has 1 aliphatic rings. The van der Waals surface area contributed by atoms with E-state index in [9.17, 15) is 9.90 Å². The Balaban J connectivity index is 1.69. The van der Waals surface area contributed by atoms with Crippen LogP contribution in [0.4, 0.5) is 0 Å². The molecule has 0 bridgehead atoms. The highest BCUT2D eigenvalue weighted by molar-refractivity contribution is 5.91. The van der Waals surface area contributed by atoms with Crippen LogP contribution in [0.1, 0.15) is 37.9 Å². The number of nitrogens with one attached hydrogen (secondary N) is 1. The van der Waals surface area contributed by atoms with Gasteiger partial charge in [0.05, 0.1) is 24.7 Å². The number of aromatic hydroxyl groups is 1. The van der Waals surface area contributed by atoms with Gasteiger partial charge in [0.2, 0.25) is 5.91 Å². The summed E-state index contributed by atoms with van der Waals surface area (Å²) >= 11 is 0. The number of carbonyl (C=O) groups is 1. The molecular weight excluding hydrogens is 364 g/mol. The van der Waals surface area contributed by atoms with E-state index < -0.39 is 6.04 Å². The minimum absolute atomic E-state index is 0.00366. The molecule has 0 aliphatic carbocycles. The number of rotatable bonds is 7. The summed E-state index contributed by atoms with van der Waals surface area (Å²) in [5, 5.41) is 12.8. The third-order valence-corrected chi connectivity index (χ3v) is 5.24. The number of carbonyl (C=O) groups excluding carboxylic acids is 1. The van der Waals surface area contributed by atoms with Crippen molar-refractivity contribution < 1.29 is 9.90 Å². The number of nitrogens with zero attached hydrogens (tertiary/aromatic N) is 2. The maximum Gasteiger partial charge on any atom is 0.240 e. The van der Waals surface area contributed by atoms with Gasteiger partial charge < -0.3 is 21.1 Å². The summed E-state index contributed by atoms with van der Waals surface area (Å²) in [5.74, 6) is 0.906. The largest absolute Gasteiger partial charge is 0.508 e. The van der Waals surface area contributed by atoms with E-state index in [1.807, 2.05) is 32.0 Å². The van der Waals surface area contributed by atoms with Gasteiger partial charge >= 0.3 is 0 Å². The van der Waals surface area contributed by atoms with Crippen molar-refractivity contribution in [1.29, 1.82) is 0 Å². The molecule has 0 saturated heterocycles. The molecule has 3 atom stereocenters. The van der Waals surface area contributed by atoms with Crippen molar-refractivity contribution in [3.8, 4) is 5.75 Å². The normalized spacial score (nSPS) is 19.6. The average molecular weight is 395 g/mol. The van der Waals surface area contributed by atoms with Crippen LogP contribution < -0.4 is 11.1 Å². The first-order valence-electron chi connectivity index (χ1n) is 10.1. The molecule has 2 unspecified atom stereocenters. The maximum absolute atomic E-state index is 13.0. The van der Waals surface area contributed by atoms with Gasteiger partial charge in [0.1, 0.15) is 11.6 Å². The van der Waals surface area contributed by atoms with Crippen molar-refractivity contribution in [3.05, 3.63) is 65.7 Å². The molecule has 154 valence electrons. The van der Waals surface area contributed by atoms with Crippen LogP contribution in [0.25, 0.3) is 0 Å². The highest BCUT2D eigenvalue weighted by Gasteiger charge is 2.30.